The van der Waals surface area contributed by atoms with Gasteiger partial charge in [0, 0.05) is 19.4 Å². The van der Waals surface area contributed by atoms with Gasteiger partial charge in [-0.3, -0.25) is 9.79 Å². The fourth-order valence-electron chi connectivity index (χ4n) is 2.40. The van der Waals surface area contributed by atoms with Crippen LogP contribution < -0.4 is 11.5 Å². The lowest BCUT2D eigenvalue weighted by molar-refractivity contribution is -0.119. The summed E-state index contributed by atoms with van der Waals surface area (Å²) in [5.41, 5.74) is 10.5. The molecule has 0 amide bonds. The average molecular weight is 297 g/mol. The topological polar surface area (TPSA) is 81.5 Å². The van der Waals surface area contributed by atoms with Crippen molar-refractivity contribution >= 4 is 11.7 Å². The van der Waals surface area contributed by atoms with Gasteiger partial charge >= 0.3 is 0 Å². The Kier molecular flexibility index (Phi) is 14.6. The molecule has 4 heteroatoms. The molecule has 0 aromatic heterocycles. The Morgan fingerprint density at radius 3 is 1.76 bits per heavy atom. The molecule has 0 unspecified atom stereocenters. The van der Waals surface area contributed by atoms with Crippen LogP contribution >= 0.6 is 0 Å². The average Bonchev–Trinajstić information content (AvgIpc) is 2.45. The molecular formula is C17H35N3O. The van der Waals surface area contributed by atoms with Crippen LogP contribution in [-0.4, -0.2) is 18.3 Å². The second kappa shape index (κ2) is 15.3. The molecule has 0 atom stereocenters. The maximum atomic E-state index is 11.7. The lowest BCUT2D eigenvalue weighted by Crippen LogP contribution is -2.22. The zero-order chi connectivity index (χ0) is 15.8. The predicted molar refractivity (Wildman–Crippen MR) is 91.4 cm³/mol. The van der Waals surface area contributed by atoms with E-state index < -0.39 is 0 Å². The van der Waals surface area contributed by atoms with Crippen LogP contribution in [0.5, 0.6) is 0 Å². The van der Waals surface area contributed by atoms with Crippen LogP contribution in [0.25, 0.3) is 0 Å². The van der Waals surface area contributed by atoms with Crippen LogP contribution in [0.2, 0.25) is 0 Å². The second-order valence-electron chi connectivity index (χ2n) is 5.88. The smallest absolute Gasteiger partial charge is 0.185 e. The third-order valence-corrected chi connectivity index (χ3v) is 3.72. The molecule has 0 radical (unpaired) electrons. The summed E-state index contributed by atoms with van der Waals surface area (Å²) in [5, 5.41) is 0. The first-order valence-electron chi connectivity index (χ1n) is 8.74. The van der Waals surface area contributed by atoms with Crippen LogP contribution in [-0.2, 0) is 4.79 Å². The van der Waals surface area contributed by atoms with Crippen molar-refractivity contribution < 1.29 is 4.79 Å². The summed E-state index contributed by atoms with van der Waals surface area (Å²) in [6.07, 6.45) is 14.7. The van der Waals surface area contributed by atoms with Gasteiger partial charge in [0.05, 0.1) is 0 Å². The van der Waals surface area contributed by atoms with Gasteiger partial charge < -0.3 is 11.5 Å². The van der Waals surface area contributed by atoms with E-state index in [9.17, 15) is 4.79 Å². The quantitative estimate of drug-likeness (QED) is 0.273. The third kappa shape index (κ3) is 16.9. The minimum Gasteiger partial charge on any atom is -0.370 e. The van der Waals surface area contributed by atoms with Gasteiger partial charge in [0.1, 0.15) is 5.78 Å². The van der Waals surface area contributed by atoms with Crippen molar-refractivity contribution in [3.05, 3.63) is 0 Å². The molecule has 0 saturated carbocycles. The van der Waals surface area contributed by atoms with E-state index in [2.05, 4.69) is 11.9 Å². The van der Waals surface area contributed by atoms with Crippen molar-refractivity contribution in [1.82, 2.24) is 0 Å². The molecule has 0 heterocycles. The first kappa shape index (κ1) is 19.9. The Bertz CT molecular complexity index is 273. The van der Waals surface area contributed by atoms with Crippen molar-refractivity contribution in [2.75, 3.05) is 6.54 Å². The van der Waals surface area contributed by atoms with Crippen molar-refractivity contribution in [2.45, 2.75) is 90.4 Å². The highest BCUT2D eigenvalue weighted by atomic mass is 16.1. The molecule has 0 aromatic rings. The van der Waals surface area contributed by atoms with E-state index in [1.807, 2.05) is 0 Å². The molecule has 4 N–H and O–H groups in total. The highest BCUT2D eigenvalue weighted by molar-refractivity contribution is 5.78. The molecular weight excluding hydrogens is 262 g/mol. The molecule has 0 spiro atoms. The molecule has 0 aliphatic rings. The Balaban J connectivity index is 3.22. The molecule has 0 aromatic carbocycles. The number of guanidine groups is 1. The Morgan fingerprint density at radius 1 is 0.762 bits per heavy atom. The summed E-state index contributed by atoms with van der Waals surface area (Å²) in [6, 6.07) is 0. The minimum absolute atomic E-state index is 0.153. The van der Waals surface area contributed by atoms with E-state index in [-0.39, 0.29) is 5.96 Å². The van der Waals surface area contributed by atoms with Gasteiger partial charge in [0.2, 0.25) is 0 Å². The fraction of sp³-hybridized carbons (Fsp3) is 0.882. The monoisotopic (exact) mass is 297 g/mol. The maximum Gasteiger partial charge on any atom is 0.185 e. The van der Waals surface area contributed by atoms with Crippen molar-refractivity contribution in [1.29, 1.82) is 0 Å². The van der Waals surface area contributed by atoms with Gasteiger partial charge in [-0.25, -0.2) is 0 Å². The van der Waals surface area contributed by atoms with Crippen molar-refractivity contribution in [3.63, 3.8) is 0 Å². The molecule has 0 saturated heterocycles. The number of aliphatic imine (C=N–C) groups is 1. The van der Waals surface area contributed by atoms with Gasteiger partial charge in [-0.15, -0.1) is 0 Å². The first-order valence-corrected chi connectivity index (χ1v) is 8.74. The Hall–Kier alpha value is -1.06. The SMILES string of the molecule is CCCCCCCCCCC(=O)CCCCCN=C(N)N. The molecule has 0 rings (SSSR count). The standard InChI is InChI=1S/C17H35N3O/c1-2-3-4-5-6-7-8-10-13-16(21)14-11-9-12-15-20-17(18)19/h2-15H2,1H3,(H4,18,19,20). The molecule has 4 nitrogen and oxygen atoms in total. The maximum absolute atomic E-state index is 11.7. The van der Waals surface area contributed by atoms with E-state index >= 15 is 0 Å². The van der Waals surface area contributed by atoms with Gasteiger partial charge in [-0.05, 0) is 19.3 Å². The summed E-state index contributed by atoms with van der Waals surface area (Å²) in [6.45, 7) is 2.92. The molecule has 0 bridgehead atoms. The van der Waals surface area contributed by atoms with Crippen LogP contribution in [0.3, 0.4) is 0 Å². The molecule has 0 aliphatic carbocycles. The number of Topliss-reactive ketones (excluding diaryl/α,β-unsaturated/α-hetero) is 1. The number of nitrogens with two attached hydrogens (primary N) is 2. The van der Waals surface area contributed by atoms with Crippen LogP contribution in [0.1, 0.15) is 90.4 Å². The highest BCUT2D eigenvalue weighted by Crippen LogP contribution is 2.11. The first-order chi connectivity index (χ1) is 10.2. The van der Waals surface area contributed by atoms with Crippen molar-refractivity contribution in [2.24, 2.45) is 16.5 Å². The van der Waals surface area contributed by atoms with Crippen LogP contribution in [0, 0.1) is 0 Å². The normalized spacial score (nSPS) is 10.5. The molecule has 0 fully saturated rings. The lowest BCUT2D eigenvalue weighted by atomic mass is 10.0. The van der Waals surface area contributed by atoms with E-state index in [0.717, 1.165) is 38.5 Å². The number of carbonyl (C=O) groups is 1. The minimum atomic E-state index is 0.153. The zero-order valence-corrected chi connectivity index (χ0v) is 13.9. The van der Waals surface area contributed by atoms with E-state index in [1.165, 1.54) is 44.9 Å². The Morgan fingerprint density at radius 2 is 1.24 bits per heavy atom. The van der Waals surface area contributed by atoms with Gasteiger partial charge in [0.25, 0.3) is 0 Å². The van der Waals surface area contributed by atoms with E-state index in [0.29, 0.717) is 12.3 Å². The van der Waals surface area contributed by atoms with E-state index in [4.69, 9.17) is 11.5 Å². The molecule has 124 valence electrons. The number of hydrogen-bond donors (Lipinski definition) is 2. The summed E-state index contributed by atoms with van der Waals surface area (Å²) >= 11 is 0. The summed E-state index contributed by atoms with van der Waals surface area (Å²) in [4.78, 5) is 15.6. The lowest BCUT2D eigenvalue weighted by Gasteiger charge is -2.02. The zero-order valence-electron chi connectivity index (χ0n) is 13.9. The Labute approximate surface area is 130 Å². The number of unbranched alkanes of at least 4 members (excludes halogenated alkanes) is 9. The summed E-state index contributed by atoms with van der Waals surface area (Å²) < 4.78 is 0. The predicted octanol–water partition coefficient (Wildman–Crippen LogP) is 3.92. The number of ketones is 1. The summed E-state index contributed by atoms with van der Waals surface area (Å²) in [7, 11) is 0. The van der Waals surface area contributed by atoms with Crippen LogP contribution in [0.4, 0.5) is 0 Å². The van der Waals surface area contributed by atoms with E-state index in [1.54, 1.807) is 0 Å². The number of hydrogen-bond acceptors (Lipinski definition) is 2. The van der Waals surface area contributed by atoms with Gasteiger partial charge in [-0.2, -0.15) is 0 Å². The molecule has 0 aliphatic heterocycles. The van der Waals surface area contributed by atoms with Crippen molar-refractivity contribution in [3.8, 4) is 0 Å². The van der Waals surface area contributed by atoms with Gasteiger partial charge in [-0.1, -0.05) is 58.3 Å². The second-order valence-corrected chi connectivity index (χ2v) is 5.88. The van der Waals surface area contributed by atoms with Gasteiger partial charge in [0.15, 0.2) is 5.96 Å². The highest BCUT2D eigenvalue weighted by Gasteiger charge is 2.01. The summed E-state index contributed by atoms with van der Waals surface area (Å²) in [5.74, 6) is 0.573. The van der Waals surface area contributed by atoms with Crippen LogP contribution in [0.15, 0.2) is 4.99 Å². The number of nitrogens with zero attached hydrogens (tertiary/aromatic N) is 1. The number of carbonyl (C=O) groups excluding carboxylic acids is 1. The molecule has 21 heavy (non-hydrogen) atoms. The third-order valence-electron chi connectivity index (χ3n) is 3.72. The largest absolute Gasteiger partial charge is 0.370 e. The number of rotatable bonds is 15. The fourth-order valence-corrected chi connectivity index (χ4v) is 2.40.